The fraction of sp³-hybridized carbons (Fsp3) is 0.750. The average Bonchev–Trinajstić information content (AvgIpc) is 2.81. The van der Waals surface area contributed by atoms with E-state index in [2.05, 4.69) is 6.58 Å². The Balaban J connectivity index is 1.81. The Morgan fingerprint density at radius 2 is 1.86 bits per heavy atom. The standard InChI is InChI=1S/C12H18O2/c1-8(12(13)14)11-5-4-10(7-11)6-9-2-3-9/h9-11H,1-7H2,(H,13,14)/p-1. The first-order valence-corrected chi connectivity index (χ1v) is 5.57. The van der Waals surface area contributed by atoms with Gasteiger partial charge < -0.3 is 9.90 Å². The van der Waals surface area contributed by atoms with Gasteiger partial charge in [0.25, 0.3) is 0 Å². The number of carbonyl (C=O) groups excluding carboxylic acids is 1. The smallest absolute Gasteiger partial charge is 0.0671 e. The first-order chi connectivity index (χ1) is 6.66. The molecule has 2 rings (SSSR count). The zero-order chi connectivity index (χ0) is 10.1. The zero-order valence-corrected chi connectivity index (χ0v) is 8.50. The van der Waals surface area contributed by atoms with Crippen molar-refractivity contribution in [3.63, 3.8) is 0 Å². The van der Waals surface area contributed by atoms with E-state index < -0.39 is 5.97 Å². The highest BCUT2D eigenvalue weighted by atomic mass is 16.4. The first kappa shape index (κ1) is 9.75. The van der Waals surface area contributed by atoms with Crippen molar-refractivity contribution in [1.82, 2.24) is 0 Å². The molecule has 0 radical (unpaired) electrons. The number of carboxylic acid groups (broad SMARTS) is 1. The van der Waals surface area contributed by atoms with Gasteiger partial charge >= 0.3 is 0 Å². The maximum Gasteiger partial charge on any atom is 0.0671 e. The minimum atomic E-state index is -1.05. The number of hydrogen-bond acceptors (Lipinski definition) is 2. The number of carbonyl (C=O) groups is 1. The van der Waals surface area contributed by atoms with Crippen LogP contribution in [0.5, 0.6) is 0 Å². The SMILES string of the molecule is C=C(C(=O)[O-])C1CCC(CC2CC2)C1. The van der Waals surface area contributed by atoms with E-state index in [1.54, 1.807) is 0 Å². The number of carboxylic acids is 1. The van der Waals surface area contributed by atoms with Crippen molar-refractivity contribution in [1.29, 1.82) is 0 Å². The van der Waals surface area contributed by atoms with Crippen LogP contribution in [0.2, 0.25) is 0 Å². The molecule has 0 aromatic heterocycles. The molecule has 2 unspecified atom stereocenters. The Morgan fingerprint density at radius 3 is 2.43 bits per heavy atom. The lowest BCUT2D eigenvalue weighted by molar-refractivity contribution is -0.299. The Labute approximate surface area is 85.0 Å². The summed E-state index contributed by atoms with van der Waals surface area (Å²) in [5, 5.41) is 10.6. The summed E-state index contributed by atoms with van der Waals surface area (Å²) in [4.78, 5) is 10.6. The maximum absolute atomic E-state index is 10.6. The number of aliphatic carboxylic acids is 1. The normalized spacial score (nSPS) is 31.7. The third-order valence-corrected chi connectivity index (χ3v) is 3.66. The molecule has 0 heterocycles. The molecule has 2 heteroatoms. The van der Waals surface area contributed by atoms with E-state index in [1.165, 1.54) is 25.7 Å². The lowest BCUT2D eigenvalue weighted by Gasteiger charge is -2.14. The molecule has 2 nitrogen and oxygen atoms in total. The van der Waals surface area contributed by atoms with Crippen LogP contribution in [0.4, 0.5) is 0 Å². The Kier molecular flexibility index (Phi) is 2.62. The van der Waals surface area contributed by atoms with Gasteiger partial charge in [-0.2, -0.15) is 0 Å². The van der Waals surface area contributed by atoms with E-state index in [0.717, 1.165) is 24.7 Å². The predicted molar refractivity (Wildman–Crippen MR) is 52.3 cm³/mol. The number of hydrogen-bond donors (Lipinski definition) is 0. The highest BCUT2D eigenvalue weighted by Gasteiger charge is 2.31. The largest absolute Gasteiger partial charge is 0.545 e. The van der Waals surface area contributed by atoms with E-state index >= 15 is 0 Å². The van der Waals surface area contributed by atoms with Crippen molar-refractivity contribution < 1.29 is 9.90 Å². The van der Waals surface area contributed by atoms with E-state index in [4.69, 9.17) is 0 Å². The molecule has 78 valence electrons. The monoisotopic (exact) mass is 193 g/mol. The summed E-state index contributed by atoms with van der Waals surface area (Å²) in [7, 11) is 0. The van der Waals surface area contributed by atoms with Crippen molar-refractivity contribution in [2.75, 3.05) is 0 Å². The Morgan fingerprint density at radius 1 is 1.21 bits per heavy atom. The van der Waals surface area contributed by atoms with Crippen LogP contribution in [-0.4, -0.2) is 5.97 Å². The third-order valence-electron chi connectivity index (χ3n) is 3.66. The van der Waals surface area contributed by atoms with Gasteiger partial charge in [0.2, 0.25) is 0 Å². The summed E-state index contributed by atoms with van der Waals surface area (Å²) in [6, 6.07) is 0. The molecule has 2 fully saturated rings. The summed E-state index contributed by atoms with van der Waals surface area (Å²) in [5.41, 5.74) is 0.322. The fourth-order valence-electron chi connectivity index (χ4n) is 2.60. The first-order valence-electron chi connectivity index (χ1n) is 5.57. The van der Waals surface area contributed by atoms with E-state index in [1.807, 2.05) is 0 Å². The molecule has 0 bridgehead atoms. The van der Waals surface area contributed by atoms with Crippen molar-refractivity contribution in [3.8, 4) is 0 Å². The Hall–Kier alpha value is -0.790. The van der Waals surface area contributed by atoms with Crippen LogP contribution in [0.25, 0.3) is 0 Å². The molecule has 2 aliphatic carbocycles. The van der Waals surface area contributed by atoms with Gasteiger partial charge in [-0.3, -0.25) is 0 Å². The van der Waals surface area contributed by atoms with Gasteiger partial charge in [-0.25, -0.2) is 0 Å². The van der Waals surface area contributed by atoms with Gasteiger partial charge in [-0.15, -0.1) is 0 Å². The highest BCUT2D eigenvalue weighted by Crippen LogP contribution is 2.43. The van der Waals surface area contributed by atoms with E-state index in [0.29, 0.717) is 5.57 Å². The zero-order valence-electron chi connectivity index (χ0n) is 8.50. The average molecular weight is 193 g/mol. The summed E-state index contributed by atoms with van der Waals surface area (Å²) >= 11 is 0. The lowest BCUT2D eigenvalue weighted by atomic mass is 9.95. The van der Waals surface area contributed by atoms with Gasteiger partial charge in [0.05, 0.1) is 5.97 Å². The van der Waals surface area contributed by atoms with Gasteiger partial charge in [0, 0.05) is 0 Å². The highest BCUT2D eigenvalue weighted by molar-refractivity contribution is 5.84. The molecule has 0 spiro atoms. The Bertz CT molecular complexity index is 253. The molecule has 2 saturated carbocycles. The summed E-state index contributed by atoms with van der Waals surface area (Å²) in [6.45, 7) is 3.60. The molecular formula is C12H17O2-. The second kappa shape index (κ2) is 3.76. The summed E-state index contributed by atoms with van der Waals surface area (Å²) < 4.78 is 0. The van der Waals surface area contributed by atoms with Crippen LogP contribution in [-0.2, 0) is 4.79 Å². The number of rotatable bonds is 4. The van der Waals surface area contributed by atoms with E-state index in [-0.39, 0.29) is 5.92 Å². The second-order valence-corrected chi connectivity index (χ2v) is 4.87. The van der Waals surface area contributed by atoms with Crippen molar-refractivity contribution in [2.24, 2.45) is 17.8 Å². The molecule has 0 aromatic carbocycles. The van der Waals surface area contributed by atoms with Crippen molar-refractivity contribution in [3.05, 3.63) is 12.2 Å². The fourth-order valence-corrected chi connectivity index (χ4v) is 2.60. The van der Waals surface area contributed by atoms with Gasteiger partial charge in [-0.05, 0) is 49.0 Å². The molecule has 0 aliphatic heterocycles. The summed E-state index contributed by atoms with van der Waals surface area (Å²) in [6.07, 6.45) is 7.32. The topological polar surface area (TPSA) is 40.1 Å². The van der Waals surface area contributed by atoms with Gasteiger partial charge in [0.15, 0.2) is 0 Å². The van der Waals surface area contributed by atoms with Gasteiger partial charge in [-0.1, -0.05) is 19.4 Å². The second-order valence-electron chi connectivity index (χ2n) is 4.87. The molecular weight excluding hydrogens is 176 g/mol. The maximum atomic E-state index is 10.6. The molecule has 0 saturated heterocycles. The minimum Gasteiger partial charge on any atom is -0.545 e. The molecule has 0 N–H and O–H groups in total. The third kappa shape index (κ3) is 2.17. The van der Waals surface area contributed by atoms with Crippen molar-refractivity contribution >= 4 is 5.97 Å². The summed E-state index contributed by atoms with van der Waals surface area (Å²) in [5.74, 6) is 0.851. The quantitative estimate of drug-likeness (QED) is 0.635. The lowest BCUT2D eigenvalue weighted by Crippen LogP contribution is -2.27. The van der Waals surface area contributed by atoms with Gasteiger partial charge in [0.1, 0.15) is 0 Å². The van der Waals surface area contributed by atoms with Crippen LogP contribution in [0, 0.1) is 17.8 Å². The van der Waals surface area contributed by atoms with Crippen LogP contribution in [0.1, 0.15) is 38.5 Å². The molecule has 2 aliphatic rings. The molecule has 0 aromatic rings. The minimum absolute atomic E-state index is 0.198. The van der Waals surface area contributed by atoms with Crippen LogP contribution < -0.4 is 5.11 Å². The molecule has 2 atom stereocenters. The van der Waals surface area contributed by atoms with Crippen molar-refractivity contribution in [2.45, 2.75) is 38.5 Å². The van der Waals surface area contributed by atoms with Crippen LogP contribution in [0.15, 0.2) is 12.2 Å². The van der Waals surface area contributed by atoms with E-state index in [9.17, 15) is 9.90 Å². The molecule has 14 heavy (non-hydrogen) atoms. The van der Waals surface area contributed by atoms with Crippen LogP contribution >= 0.6 is 0 Å². The molecule has 0 amide bonds. The van der Waals surface area contributed by atoms with Crippen LogP contribution in [0.3, 0.4) is 0 Å². The predicted octanol–water partition coefficient (Wildman–Crippen LogP) is 1.51.